The lowest BCUT2D eigenvalue weighted by molar-refractivity contribution is 0.318. The average Bonchev–Trinajstić information content (AvgIpc) is 2.43. The van der Waals surface area contributed by atoms with Crippen molar-refractivity contribution in [2.75, 3.05) is 13.7 Å². The van der Waals surface area contributed by atoms with Crippen LogP contribution in [-0.2, 0) is 0 Å². The van der Waals surface area contributed by atoms with Crippen LogP contribution in [0.4, 0.5) is 0 Å². The fourth-order valence-corrected chi connectivity index (χ4v) is 2.36. The lowest BCUT2D eigenvalue weighted by atomic mass is 9.91. The van der Waals surface area contributed by atoms with Gasteiger partial charge in [0.05, 0.1) is 18.8 Å². The first-order valence-corrected chi connectivity index (χ1v) is 7.00. The summed E-state index contributed by atoms with van der Waals surface area (Å²) in [5.74, 6) is 1.48. The molecule has 0 aliphatic carbocycles. The van der Waals surface area contributed by atoms with Crippen molar-refractivity contribution in [2.45, 2.75) is 46.1 Å². The molecular weight excluding hydrogens is 224 g/mol. The summed E-state index contributed by atoms with van der Waals surface area (Å²) in [6.07, 6.45) is 5.28. The Balaban J connectivity index is 2.99. The number of hydrogen-bond acceptors (Lipinski definition) is 3. The second kappa shape index (κ2) is 8.09. The van der Waals surface area contributed by atoms with E-state index in [1.165, 1.54) is 0 Å². The van der Waals surface area contributed by atoms with Gasteiger partial charge in [0.1, 0.15) is 5.75 Å². The molecular formula is C15H26N2O. The molecule has 0 aromatic carbocycles. The fourth-order valence-electron chi connectivity index (χ4n) is 2.36. The maximum Gasteiger partial charge on any atom is 0.141 e. The van der Waals surface area contributed by atoms with Crippen molar-refractivity contribution in [3.63, 3.8) is 0 Å². The highest BCUT2D eigenvalue weighted by molar-refractivity contribution is 5.30. The highest BCUT2D eigenvalue weighted by atomic mass is 16.5. The monoisotopic (exact) mass is 250 g/mol. The summed E-state index contributed by atoms with van der Waals surface area (Å²) in [7, 11) is 1.71. The van der Waals surface area contributed by atoms with E-state index in [2.05, 4.69) is 31.1 Å². The first-order valence-electron chi connectivity index (χ1n) is 7.00. The molecule has 0 fully saturated rings. The van der Waals surface area contributed by atoms with Crippen LogP contribution in [0.25, 0.3) is 0 Å². The number of methoxy groups -OCH3 is 1. The second-order valence-corrected chi connectivity index (χ2v) is 4.60. The molecule has 0 aliphatic rings. The van der Waals surface area contributed by atoms with Gasteiger partial charge in [-0.05, 0) is 31.0 Å². The SMILES string of the molecule is CCCNC(c1ncccc1OC)C(CC)CC. The predicted molar refractivity (Wildman–Crippen MR) is 75.9 cm³/mol. The van der Waals surface area contributed by atoms with Crippen LogP contribution in [-0.4, -0.2) is 18.6 Å². The van der Waals surface area contributed by atoms with E-state index in [9.17, 15) is 0 Å². The number of rotatable bonds is 8. The number of ether oxygens (including phenoxy) is 1. The Hall–Kier alpha value is -1.09. The van der Waals surface area contributed by atoms with Crippen molar-refractivity contribution in [3.8, 4) is 5.75 Å². The van der Waals surface area contributed by atoms with E-state index in [0.717, 1.165) is 37.3 Å². The molecule has 0 radical (unpaired) electrons. The normalized spacial score (nSPS) is 12.7. The number of nitrogens with one attached hydrogen (secondary N) is 1. The molecule has 0 aliphatic heterocycles. The minimum atomic E-state index is 0.288. The molecule has 3 heteroatoms. The smallest absolute Gasteiger partial charge is 0.141 e. The third-order valence-corrected chi connectivity index (χ3v) is 3.45. The van der Waals surface area contributed by atoms with E-state index in [1.54, 1.807) is 7.11 Å². The molecule has 1 N–H and O–H groups in total. The summed E-state index contributed by atoms with van der Waals surface area (Å²) in [5.41, 5.74) is 1.04. The van der Waals surface area contributed by atoms with E-state index >= 15 is 0 Å². The van der Waals surface area contributed by atoms with Gasteiger partial charge in [0.15, 0.2) is 0 Å². The van der Waals surface area contributed by atoms with Crippen LogP contribution in [0.3, 0.4) is 0 Å². The fraction of sp³-hybridized carbons (Fsp3) is 0.667. The summed E-state index contributed by atoms with van der Waals surface area (Å²) < 4.78 is 5.44. The van der Waals surface area contributed by atoms with E-state index in [0.29, 0.717) is 5.92 Å². The average molecular weight is 250 g/mol. The Labute approximate surface area is 111 Å². The Kier molecular flexibility index (Phi) is 6.73. The highest BCUT2D eigenvalue weighted by Gasteiger charge is 2.23. The van der Waals surface area contributed by atoms with Crippen molar-refractivity contribution in [1.82, 2.24) is 10.3 Å². The van der Waals surface area contributed by atoms with Crippen LogP contribution in [0, 0.1) is 5.92 Å². The summed E-state index contributed by atoms with van der Waals surface area (Å²) in [5, 5.41) is 3.62. The molecule has 1 rings (SSSR count). The quantitative estimate of drug-likeness (QED) is 0.766. The second-order valence-electron chi connectivity index (χ2n) is 4.60. The number of aromatic nitrogens is 1. The zero-order valence-electron chi connectivity index (χ0n) is 12.1. The largest absolute Gasteiger partial charge is 0.495 e. The molecule has 3 nitrogen and oxygen atoms in total. The summed E-state index contributed by atoms with van der Waals surface area (Å²) in [6, 6.07) is 4.20. The minimum Gasteiger partial charge on any atom is -0.495 e. The molecule has 0 saturated carbocycles. The maximum absolute atomic E-state index is 5.44. The van der Waals surface area contributed by atoms with E-state index in [1.807, 2.05) is 18.3 Å². The molecule has 18 heavy (non-hydrogen) atoms. The van der Waals surface area contributed by atoms with Crippen molar-refractivity contribution < 1.29 is 4.74 Å². The predicted octanol–water partition coefficient (Wildman–Crippen LogP) is 3.57. The third-order valence-electron chi connectivity index (χ3n) is 3.45. The highest BCUT2D eigenvalue weighted by Crippen LogP contribution is 2.31. The topological polar surface area (TPSA) is 34.2 Å². The minimum absolute atomic E-state index is 0.288. The summed E-state index contributed by atoms with van der Waals surface area (Å²) in [4.78, 5) is 4.53. The molecule has 102 valence electrons. The van der Waals surface area contributed by atoms with Crippen LogP contribution in [0.5, 0.6) is 5.75 Å². The Morgan fingerprint density at radius 2 is 2.00 bits per heavy atom. The van der Waals surface area contributed by atoms with Crippen molar-refractivity contribution >= 4 is 0 Å². The number of hydrogen-bond donors (Lipinski definition) is 1. The van der Waals surface area contributed by atoms with Crippen LogP contribution in [0.15, 0.2) is 18.3 Å². The zero-order chi connectivity index (χ0) is 13.4. The van der Waals surface area contributed by atoms with Crippen LogP contribution in [0.2, 0.25) is 0 Å². The lowest BCUT2D eigenvalue weighted by Crippen LogP contribution is -2.29. The molecule has 0 bridgehead atoms. The molecule has 1 unspecified atom stereocenters. The van der Waals surface area contributed by atoms with E-state index in [-0.39, 0.29) is 6.04 Å². The molecule has 1 aromatic rings. The first-order chi connectivity index (χ1) is 8.78. The molecule has 1 aromatic heterocycles. The summed E-state index contributed by atoms with van der Waals surface area (Å²) in [6.45, 7) is 7.68. The van der Waals surface area contributed by atoms with Crippen molar-refractivity contribution in [1.29, 1.82) is 0 Å². The van der Waals surface area contributed by atoms with Gasteiger partial charge in [-0.2, -0.15) is 0 Å². The number of pyridine rings is 1. The zero-order valence-corrected chi connectivity index (χ0v) is 12.1. The van der Waals surface area contributed by atoms with E-state index in [4.69, 9.17) is 4.74 Å². The molecule has 0 saturated heterocycles. The first kappa shape index (κ1) is 15.0. The molecule has 0 amide bonds. The standard InChI is InChI=1S/C15H26N2O/c1-5-10-16-14(12(6-2)7-3)15-13(18-4)9-8-11-17-15/h8-9,11-12,14,16H,5-7,10H2,1-4H3. The van der Waals surface area contributed by atoms with Gasteiger partial charge in [-0.25, -0.2) is 0 Å². The third kappa shape index (κ3) is 3.70. The summed E-state index contributed by atoms with van der Waals surface area (Å²) >= 11 is 0. The Morgan fingerprint density at radius 3 is 2.56 bits per heavy atom. The van der Waals surface area contributed by atoms with Gasteiger partial charge in [-0.1, -0.05) is 33.6 Å². The van der Waals surface area contributed by atoms with Crippen molar-refractivity contribution in [2.24, 2.45) is 5.92 Å². The van der Waals surface area contributed by atoms with Crippen LogP contribution < -0.4 is 10.1 Å². The van der Waals surface area contributed by atoms with Gasteiger partial charge in [-0.15, -0.1) is 0 Å². The van der Waals surface area contributed by atoms with Crippen molar-refractivity contribution in [3.05, 3.63) is 24.0 Å². The van der Waals surface area contributed by atoms with Gasteiger partial charge in [0.2, 0.25) is 0 Å². The maximum atomic E-state index is 5.44. The van der Waals surface area contributed by atoms with Gasteiger partial charge in [0.25, 0.3) is 0 Å². The van der Waals surface area contributed by atoms with E-state index < -0.39 is 0 Å². The van der Waals surface area contributed by atoms with Crippen LogP contribution >= 0.6 is 0 Å². The molecule has 1 atom stereocenters. The lowest BCUT2D eigenvalue weighted by Gasteiger charge is -2.27. The molecule has 0 spiro atoms. The van der Waals surface area contributed by atoms with Gasteiger partial charge in [0, 0.05) is 6.20 Å². The van der Waals surface area contributed by atoms with Gasteiger partial charge >= 0.3 is 0 Å². The molecule has 1 heterocycles. The Morgan fingerprint density at radius 1 is 1.28 bits per heavy atom. The van der Waals surface area contributed by atoms with Crippen LogP contribution in [0.1, 0.15) is 51.8 Å². The van der Waals surface area contributed by atoms with Gasteiger partial charge < -0.3 is 10.1 Å². The Bertz CT molecular complexity index is 337. The van der Waals surface area contributed by atoms with Gasteiger partial charge in [-0.3, -0.25) is 4.98 Å². The number of nitrogens with zero attached hydrogens (tertiary/aromatic N) is 1.